The molecule has 0 saturated carbocycles. The van der Waals surface area contributed by atoms with Crippen LogP contribution in [0.2, 0.25) is 0 Å². The van der Waals surface area contributed by atoms with E-state index in [1.807, 2.05) is 0 Å². The van der Waals surface area contributed by atoms with E-state index < -0.39 is 0 Å². The average molecular weight is 215 g/mol. The second kappa shape index (κ2) is 6.35. The molecule has 1 aromatic rings. The van der Waals surface area contributed by atoms with Crippen LogP contribution < -0.4 is 5.32 Å². The van der Waals surface area contributed by atoms with Crippen LogP contribution in [0, 0.1) is 26.2 Å². The minimum absolute atomic E-state index is 0.390. The van der Waals surface area contributed by atoms with Crippen LogP contribution in [0.15, 0.2) is 18.2 Å². The molecule has 0 amide bonds. The highest BCUT2D eigenvalue weighted by atomic mass is 14.9. The zero-order valence-corrected chi connectivity index (χ0v) is 10.5. The standard InChI is InChI=1S/C15H21N/c1-5-7-11-15(16-6-2)14-10-8-9-12(3)13(14)4/h1,8-10,15-16H,6-7,11H2,2-4H3. The molecular formula is C15H21N. The Morgan fingerprint density at radius 1 is 1.38 bits per heavy atom. The van der Waals surface area contributed by atoms with Gasteiger partial charge in [-0.25, -0.2) is 0 Å². The van der Waals surface area contributed by atoms with Gasteiger partial charge in [0, 0.05) is 12.5 Å². The minimum atomic E-state index is 0.390. The van der Waals surface area contributed by atoms with Gasteiger partial charge in [-0.1, -0.05) is 25.1 Å². The number of benzene rings is 1. The van der Waals surface area contributed by atoms with Crippen molar-refractivity contribution in [3.05, 3.63) is 34.9 Å². The number of hydrogen-bond donors (Lipinski definition) is 1. The van der Waals surface area contributed by atoms with Crippen molar-refractivity contribution in [1.82, 2.24) is 5.32 Å². The summed E-state index contributed by atoms with van der Waals surface area (Å²) in [7, 11) is 0. The number of terminal acetylenes is 1. The lowest BCUT2D eigenvalue weighted by molar-refractivity contribution is 0.520. The first kappa shape index (κ1) is 12.8. The van der Waals surface area contributed by atoms with E-state index in [1.165, 1.54) is 16.7 Å². The zero-order valence-electron chi connectivity index (χ0n) is 10.5. The van der Waals surface area contributed by atoms with Crippen molar-refractivity contribution < 1.29 is 0 Å². The van der Waals surface area contributed by atoms with Crippen LogP contribution in [-0.2, 0) is 0 Å². The Labute approximate surface area is 99.3 Å². The van der Waals surface area contributed by atoms with Gasteiger partial charge in [0.05, 0.1) is 0 Å². The van der Waals surface area contributed by atoms with Crippen LogP contribution in [0.3, 0.4) is 0 Å². The molecule has 0 aliphatic heterocycles. The van der Waals surface area contributed by atoms with Crippen LogP contribution in [0.25, 0.3) is 0 Å². The van der Waals surface area contributed by atoms with Crippen molar-refractivity contribution in [1.29, 1.82) is 0 Å². The summed E-state index contributed by atoms with van der Waals surface area (Å²) in [4.78, 5) is 0. The Hall–Kier alpha value is -1.26. The maximum Gasteiger partial charge on any atom is 0.0331 e. The van der Waals surface area contributed by atoms with Crippen molar-refractivity contribution in [2.75, 3.05) is 6.54 Å². The molecule has 1 nitrogen and oxygen atoms in total. The van der Waals surface area contributed by atoms with Gasteiger partial charge in [0.25, 0.3) is 0 Å². The van der Waals surface area contributed by atoms with Gasteiger partial charge in [-0.2, -0.15) is 0 Å². The lowest BCUT2D eigenvalue weighted by Gasteiger charge is -2.20. The molecular weight excluding hydrogens is 194 g/mol. The third kappa shape index (κ3) is 3.12. The summed E-state index contributed by atoms with van der Waals surface area (Å²) in [5.74, 6) is 2.72. The van der Waals surface area contributed by atoms with Crippen molar-refractivity contribution in [2.24, 2.45) is 0 Å². The molecule has 1 rings (SSSR count). The predicted molar refractivity (Wildman–Crippen MR) is 70.4 cm³/mol. The molecule has 0 radical (unpaired) electrons. The van der Waals surface area contributed by atoms with E-state index in [4.69, 9.17) is 6.42 Å². The van der Waals surface area contributed by atoms with Gasteiger partial charge in [-0.3, -0.25) is 0 Å². The molecule has 0 aromatic heterocycles. The van der Waals surface area contributed by atoms with E-state index in [0.29, 0.717) is 6.04 Å². The fourth-order valence-corrected chi connectivity index (χ4v) is 1.99. The highest BCUT2D eigenvalue weighted by molar-refractivity contribution is 5.35. The molecule has 16 heavy (non-hydrogen) atoms. The minimum Gasteiger partial charge on any atom is -0.310 e. The van der Waals surface area contributed by atoms with Gasteiger partial charge < -0.3 is 5.32 Å². The van der Waals surface area contributed by atoms with E-state index in [-0.39, 0.29) is 0 Å². The molecule has 0 aliphatic carbocycles. The first-order valence-corrected chi connectivity index (χ1v) is 5.93. The van der Waals surface area contributed by atoms with Gasteiger partial charge in [0.15, 0.2) is 0 Å². The quantitative estimate of drug-likeness (QED) is 0.743. The third-order valence-electron chi connectivity index (χ3n) is 3.05. The second-order valence-corrected chi connectivity index (χ2v) is 4.14. The van der Waals surface area contributed by atoms with Crippen molar-refractivity contribution in [2.45, 2.75) is 39.7 Å². The fourth-order valence-electron chi connectivity index (χ4n) is 1.99. The lowest BCUT2D eigenvalue weighted by atomic mass is 9.94. The van der Waals surface area contributed by atoms with Crippen LogP contribution in [0.5, 0.6) is 0 Å². The van der Waals surface area contributed by atoms with E-state index in [1.54, 1.807) is 0 Å². The summed E-state index contributed by atoms with van der Waals surface area (Å²) in [5.41, 5.74) is 4.11. The van der Waals surface area contributed by atoms with E-state index in [0.717, 1.165) is 19.4 Å². The maximum atomic E-state index is 5.34. The maximum absolute atomic E-state index is 5.34. The van der Waals surface area contributed by atoms with Crippen LogP contribution in [0.4, 0.5) is 0 Å². The topological polar surface area (TPSA) is 12.0 Å². The summed E-state index contributed by atoms with van der Waals surface area (Å²) < 4.78 is 0. The monoisotopic (exact) mass is 215 g/mol. The molecule has 1 atom stereocenters. The molecule has 0 bridgehead atoms. The molecule has 1 heteroatoms. The molecule has 0 spiro atoms. The molecule has 1 aromatic carbocycles. The molecule has 1 unspecified atom stereocenters. The van der Waals surface area contributed by atoms with Crippen LogP contribution in [-0.4, -0.2) is 6.54 Å². The Morgan fingerprint density at radius 3 is 2.75 bits per heavy atom. The highest BCUT2D eigenvalue weighted by Gasteiger charge is 2.12. The highest BCUT2D eigenvalue weighted by Crippen LogP contribution is 2.23. The summed E-state index contributed by atoms with van der Waals surface area (Å²) in [6.07, 6.45) is 7.17. The zero-order chi connectivity index (χ0) is 12.0. The third-order valence-corrected chi connectivity index (χ3v) is 3.05. The van der Waals surface area contributed by atoms with E-state index in [9.17, 15) is 0 Å². The van der Waals surface area contributed by atoms with Crippen LogP contribution >= 0.6 is 0 Å². The summed E-state index contributed by atoms with van der Waals surface area (Å²) in [6.45, 7) is 7.45. The fraction of sp³-hybridized carbons (Fsp3) is 0.467. The Bertz CT molecular complexity index is 374. The van der Waals surface area contributed by atoms with Crippen molar-refractivity contribution >= 4 is 0 Å². The summed E-state index contributed by atoms with van der Waals surface area (Å²) in [6, 6.07) is 6.87. The first-order chi connectivity index (χ1) is 7.70. The Morgan fingerprint density at radius 2 is 2.12 bits per heavy atom. The molecule has 1 N–H and O–H groups in total. The molecule has 86 valence electrons. The first-order valence-electron chi connectivity index (χ1n) is 5.93. The molecule has 0 fully saturated rings. The van der Waals surface area contributed by atoms with Crippen molar-refractivity contribution in [3.8, 4) is 12.3 Å². The van der Waals surface area contributed by atoms with Gasteiger partial charge >= 0.3 is 0 Å². The molecule has 0 heterocycles. The average Bonchev–Trinajstić information content (AvgIpc) is 2.28. The van der Waals surface area contributed by atoms with Gasteiger partial charge in [-0.05, 0) is 43.5 Å². The van der Waals surface area contributed by atoms with Gasteiger partial charge in [0.1, 0.15) is 0 Å². The van der Waals surface area contributed by atoms with Gasteiger partial charge in [0.2, 0.25) is 0 Å². The number of rotatable bonds is 5. The molecule has 0 saturated heterocycles. The Balaban J connectivity index is 2.92. The van der Waals surface area contributed by atoms with Crippen LogP contribution in [0.1, 0.15) is 42.5 Å². The van der Waals surface area contributed by atoms with E-state index in [2.05, 4.69) is 50.2 Å². The number of aryl methyl sites for hydroxylation is 1. The SMILES string of the molecule is C#CCCC(NCC)c1cccc(C)c1C. The Kier molecular flexibility index (Phi) is 5.08. The normalized spacial score (nSPS) is 12.1. The van der Waals surface area contributed by atoms with Crippen molar-refractivity contribution in [3.63, 3.8) is 0 Å². The molecule has 0 aliphatic rings. The summed E-state index contributed by atoms with van der Waals surface area (Å²) in [5, 5.41) is 3.51. The second-order valence-electron chi connectivity index (χ2n) is 4.14. The van der Waals surface area contributed by atoms with E-state index >= 15 is 0 Å². The predicted octanol–water partition coefficient (Wildman–Crippen LogP) is 3.37. The van der Waals surface area contributed by atoms with Gasteiger partial charge in [-0.15, -0.1) is 12.3 Å². The largest absolute Gasteiger partial charge is 0.310 e. The number of hydrogen-bond acceptors (Lipinski definition) is 1. The summed E-state index contributed by atoms with van der Waals surface area (Å²) >= 11 is 0. The lowest BCUT2D eigenvalue weighted by Crippen LogP contribution is -2.21. The number of nitrogens with one attached hydrogen (secondary N) is 1. The smallest absolute Gasteiger partial charge is 0.0331 e.